The highest BCUT2D eigenvalue weighted by Gasteiger charge is 2.54. The molecule has 0 aliphatic heterocycles. The third-order valence-electron chi connectivity index (χ3n) is 7.14. The van der Waals surface area contributed by atoms with E-state index < -0.39 is 29.2 Å². The van der Waals surface area contributed by atoms with Gasteiger partial charge in [-0.2, -0.15) is 5.10 Å². The summed E-state index contributed by atoms with van der Waals surface area (Å²) in [5, 5.41) is 6.95. The second-order valence-corrected chi connectivity index (χ2v) is 10.0. The van der Waals surface area contributed by atoms with Gasteiger partial charge in [-0.1, -0.05) is 26.7 Å². The molecule has 0 unspecified atom stereocenters. The molecule has 1 amide bonds. The molecule has 3 rings (SSSR count). The highest BCUT2D eigenvalue weighted by Crippen LogP contribution is 2.48. The predicted molar refractivity (Wildman–Crippen MR) is 117 cm³/mol. The number of ketones is 3. The second-order valence-electron chi connectivity index (χ2n) is 10.0. The summed E-state index contributed by atoms with van der Waals surface area (Å²) in [5.74, 6) is -1.86. The van der Waals surface area contributed by atoms with Gasteiger partial charge in [0.05, 0.1) is 18.2 Å². The van der Waals surface area contributed by atoms with Crippen LogP contribution in [0.3, 0.4) is 0 Å². The maximum atomic E-state index is 13.9. The standard InChI is InChI=1S/C24H34FN3O4/c1-4-21(31)26-18(14-23(2)8-5-6-9-23)20(30)15-24(12-16(25)13-24)22(32)19(29)11-17-7-10-28(3)27-17/h7,10,16,18H,4-6,8-9,11-15H2,1-3H3,(H,26,31)/t16?,18-,24?/m0/s1. The normalized spacial score (nSPS) is 25.1. The van der Waals surface area contributed by atoms with Gasteiger partial charge in [-0.05, 0) is 43.6 Å². The summed E-state index contributed by atoms with van der Waals surface area (Å²) in [5.41, 5.74) is -0.894. The van der Waals surface area contributed by atoms with Gasteiger partial charge >= 0.3 is 0 Å². The lowest BCUT2D eigenvalue weighted by molar-refractivity contribution is -0.152. The molecule has 0 saturated heterocycles. The van der Waals surface area contributed by atoms with E-state index in [-0.39, 0.29) is 49.2 Å². The summed E-state index contributed by atoms with van der Waals surface area (Å²) in [6.07, 6.45) is 4.74. The lowest BCUT2D eigenvalue weighted by Crippen LogP contribution is -2.52. The van der Waals surface area contributed by atoms with Crippen molar-refractivity contribution in [3.8, 4) is 0 Å². The van der Waals surface area contributed by atoms with Crippen LogP contribution in [0.5, 0.6) is 0 Å². The Morgan fingerprint density at radius 3 is 2.44 bits per heavy atom. The number of rotatable bonds is 11. The molecule has 1 aromatic rings. The zero-order valence-electron chi connectivity index (χ0n) is 19.3. The van der Waals surface area contributed by atoms with Crippen molar-refractivity contribution >= 4 is 23.3 Å². The monoisotopic (exact) mass is 447 g/mol. The molecule has 1 N–H and O–H groups in total. The molecule has 0 spiro atoms. The van der Waals surface area contributed by atoms with Gasteiger partial charge in [0, 0.05) is 31.5 Å². The van der Waals surface area contributed by atoms with Crippen LogP contribution in [0.2, 0.25) is 0 Å². The third-order valence-corrected chi connectivity index (χ3v) is 7.14. The number of hydrogen-bond acceptors (Lipinski definition) is 5. The van der Waals surface area contributed by atoms with E-state index >= 15 is 0 Å². The van der Waals surface area contributed by atoms with Crippen LogP contribution in [-0.2, 0) is 32.6 Å². The molecule has 1 atom stereocenters. The number of nitrogens with one attached hydrogen (secondary N) is 1. The van der Waals surface area contributed by atoms with Crippen LogP contribution >= 0.6 is 0 Å². The van der Waals surface area contributed by atoms with E-state index in [0.29, 0.717) is 12.1 Å². The number of nitrogens with zero attached hydrogens (tertiary/aromatic N) is 2. The third kappa shape index (κ3) is 5.51. The SMILES string of the molecule is CCC(=O)N[C@@H](CC1(C)CCCC1)C(=O)CC1(C(=O)C(=O)Cc2ccn(C)n2)CC(F)C1. The zero-order valence-corrected chi connectivity index (χ0v) is 19.3. The number of amides is 1. The maximum Gasteiger partial charge on any atom is 0.220 e. The number of halogens is 1. The first-order chi connectivity index (χ1) is 15.1. The second kappa shape index (κ2) is 9.63. The van der Waals surface area contributed by atoms with Gasteiger partial charge in [-0.3, -0.25) is 23.9 Å². The largest absolute Gasteiger partial charge is 0.346 e. The van der Waals surface area contributed by atoms with Crippen molar-refractivity contribution in [2.45, 2.75) is 90.3 Å². The van der Waals surface area contributed by atoms with E-state index in [9.17, 15) is 23.6 Å². The summed E-state index contributed by atoms with van der Waals surface area (Å²) in [7, 11) is 1.71. The van der Waals surface area contributed by atoms with Crippen LogP contribution < -0.4 is 5.32 Å². The molecule has 2 fully saturated rings. The van der Waals surface area contributed by atoms with Gasteiger partial charge in [-0.25, -0.2) is 4.39 Å². The van der Waals surface area contributed by atoms with Crippen LogP contribution in [0.4, 0.5) is 4.39 Å². The van der Waals surface area contributed by atoms with Crippen LogP contribution in [0.15, 0.2) is 12.3 Å². The molecule has 7 nitrogen and oxygen atoms in total. The molecule has 2 aliphatic carbocycles. The van der Waals surface area contributed by atoms with E-state index in [1.165, 1.54) is 4.68 Å². The number of carbonyl (C=O) groups excluding carboxylic acids is 4. The molecule has 0 radical (unpaired) electrons. The van der Waals surface area contributed by atoms with Gasteiger partial charge in [0.1, 0.15) is 6.17 Å². The van der Waals surface area contributed by atoms with Crippen molar-refractivity contribution in [2.24, 2.45) is 17.9 Å². The Kier molecular flexibility index (Phi) is 7.30. The van der Waals surface area contributed by atoms with Crippen molar-refractivity contribution in [1.82, 2.24) is 15.1 Å². The van der Waals surface area contributed by atoms with Gasteiger partial charge in [0.25, 0.3) is 0 Å². The van der Waals surface area contributed by atoms with Crippen molar-refractivity contribution in [3.05, 3.63) is 18.0 Å². The minimum absolute atomic E-state index is 0.0461. The smallest absolute Gasteiger partial charge is 0.220 e. The Morgan fingerprint density at radius 2 is 1.91 bits per heavy atom. The molecule has 8 heteroatoms. The molecular formula is C24H34FN3O4. The van der Waals surface area contributed by atoms with Gasteiger partial charge < -0.3 is 5.32 Å². The van der Waals surface area contributed by atoms with E-state index in [1.807, 2.05) is 0 Å². The molecule has 1 aromatic heterocycles. The number of alkyl halides is 1. The first kappa shape index (κ1) is 24.3. The predicted octanol–water partition coefficient (Wildman–Crippen LogP) is 3.04. The minimum atomic E-state index is -1.31. The Hall–Kier alpha value is -2.38. The fourth-order valence-electron chi connectivity index (χ4n) is 5.22. The van der Waals surface area contributed by atoms with Crippen molar-refractivity contribution in [2.75, 3.05) is 0 Å². The van der Waals surface area contributed by atoms with Gasteiger partial charge in [-0.15, -0.1) is 0 Å². The first-order valence-corrected chi connectivity index (χ1v) is 11.6. The minimum Gasteiger partial charge on any atom is -0.346 e. The number of aryl methyl sites for hydroxylation is 1. The number of Topliss-reactive ketones (excluding diaryl/α,β-unsaturated/α-hetero) is 3. The molecule has 0 aromatic carbocycles. The fraction of sp³-hybridized carbons (Fsp3) is 0.708. The summed E-state index contributed by atoms with van der Waals surface area (Å²) in [6.45, 7) is 3.84. The summed E-state index contributed by atoms with van der Waals surface area (Å²) >= 11 is 0. The molecule has 2 aliphatic rings. The van der Waals surface area contributed by atoms with E-state index in [0.717, 1.165) is 25.7 Å². The quantitative estimate of drug-likeness (QED) is 0.526. The van der Waals surface area contributed by atoms with E-state index in [4.69, 9.17) is 0 Å². The summed E-state index contributed by atoms with van der Waals surface area (Å²) in [6, 6.07) is 0.931. The summed E-state index contributed by atoms with van der Waals surface area (Å²) in [4.78, 5) is 51.1. The van der Waals surface area contributed by atoms with E-state index in [2.05, 4.69) is 17.3 Å². The number of hydrogen-bond donors (Lipinski definition) is 1. The van der Waals surface area contributed by atoms with Gasteiger partial charge in [0.2, 0.25) is 17.5 Å². The van der Waals surface area contributed by atoms with Crippen molar-refractivity contribution < 1.29 is 23.6 Å². The summed E-state index contributed by atoms with van der Waals surface area (Å²) < 4.78 is 15.5. The lowest BCUT2D eigenvalue weighted by Gasteiger charge is -2.42. The molecule has 1 heterocycles. The number of carbonyl (C=O) groups is 4. The van der Waals surface area contributed by atoms with Crippen LogP contribution in [0.1, 0.15) is 77.3 Å². The topological polar surface area (TPSA) is 98.1 Å². The molecule has 32 heavy (non-hydrogen) atoms. The molecular weight excluding hydrogens is 413 g/mol. The first-order valence-electron chi connectivity index (χ1n) is 11.6. The molecule has 2 saturated carbocycles. The van der Waals surface area contributed by atoms with Crippen LogP contribution in [0.25, 0.3) is 0 Å². The zero-order chi connectivity index (χ0) is 23.5. The lowest BCUT2D eigenvalue weighted by atomic mass is 9.60. The molecule has 0 bridgehead atoms. The Labute approximate surface area is 188 Å². The maximum absolute atomic E-state index is 13.9. The molecule has 176 valence electrons. The van der Waals surface area contributed by atoms with Gasteiger partial charge in [0.15, 0.2) is 5.78 Å². The Bertz CT molecular complexity index is 882. The Morgan fingerprint density at radius 1 is 1.25 bits per heavy atom. The highest BCUT2D eigenvalue weighted by molar-refractivity contribution is 6.40. The average molecular weight is 448 g/mol. The average Bonchev–Trinajstić information content (AvgIpc) is 3.33. The van der Waals surface area contributed by atoms with Crippen LogP contribution in [0, 0.1) is 10.8 Å². The number of aromatic nitrogens is 2. The van der Waals surface area contributed by atoms with Crippen molar-refractivity contribution in [1.29, 1.82) is 0 Å². The van der Waals surface area contributed by atoms with E-state index in [1.54, 1.807) is 26.2 Å². The Balaban J connectivity index is 1.73. The van der Waals surface area contributed by atoms with Crippen LogP contribution in [-0.4, -0.2) is 45.3 Å². The highest BCUT2D eigenvalue weighted by atomic mass is 19.1. The fourth-order valence-corrected chi connectivity index (χ4v) is 5.22. The van der Waals surface area contributed by atoms with Crippen molar-refractivity contribution in [3.63, 3.8) is 0 Å².